The summed E-state index contributed by atoms with van der Waals surface area (Å²) in [5, 5.41) is 5.77. The number of benzene rings is 6. The maximum absolute atomic E-state index is 5.31. The standard InChI is InChI=1S/C47H34N4/c1-31-14-4-2-3-5-22-42(39-19-10-9-17-37(31)39)46-49-45(33-26-24-32(25-27-33)36-28-35-16-7-13-23-44(35)48-30-36)50-47(51-46)43-29-34-15-6-8-18-38(34)40-20-11-12-21-41(40)43/h2-4,6-31H,5H2,1H3/b3-2-,14-4-,42-22+. The zero-order valence-electron chi connectivity index (χ0n) is 28.2. The van der Waals surface area contributed by atoms with Gasteiger partial charge >= 0.3 is 0 Å². The van der Waals surface area contributed by atoms with E-state index in [9.17, 15) is 0 Å². The Kier molecular flexibility index (Phi) is 7.82. The zero-order chi connectivity index (χ0) is 34.1. The number of fused-ring (bicyclic) bond motifs is 5. The molecule has 1 aliphatic rings. The second-order valence-corrected chi connectivity index (χ2v) is 13.0. The third-order valence-electron chi connectivity index (χ3n) is 9.80. The fraction of sp³-hybridized carbons (Fsp3) is 0.0638. The van der Waals surface area contributed by atoms with Crippen LogP contribution in [0.25, 0.3) is 71.9 Å². The topological polar surface area (TPSA) is 51.6 Å². The Labute approximate surface area is 297 Å². The second kappa shape index (κ2) is 13.1. The molecule has 6 aromatic carbocycles. The normalized spacial score (nSPS) is 16.7. The first-order chi connectivity index (χ1) is 25.2. The van der Waals surface area contributed by atoms with Crippen LogP contribution in [0.2, 0.25) is 0 Å². The lowest BCUT2D eigenvalue weighted by molar-refractivity contribution is 0.956. The molecule has 2 aromatic heterocycles. The van der Waals surface area contributed by atoms with E-state index in [2.05, 4.69) is 153 Å². The minimum absolute atomic E-state index is 0.217. The Morgan fingerprint density at radius 3 is 2.10 bits per heavy atom. The summed E-state index contributed by atoms with van der Waals surface area (Å²) in [5.41, 5.74) is 8.43. The van der Waals surface area contributed by atoms with E-state index in [0.29, 0.717) is 17.5 Å². The molecule has 0 fully saturated rings. The molecule has 0 amide bonds. The van der Waals surface area contributed by atoms with Gasteiger partial charge in [0, 0.05) is 33.8 Å². The lowest BCUT2D eigenvalue weighted by atomic mass is 9.89. The van der Waals surface area contributed by atoms with Crippen LogP contribution >= 0.6 is 0 Å². The predicted octanol–water partition coefficient (Wildman–Crippen LogP) is 11.8. The number of pyridine rings is 1. The summed E-state index contributed by atoms with van der Waals surface area (Å²) in [5.74, 6) is 2.16. The minimum atomic E-state index is 0.217. The molecule has 1 aliphatic carbocycles. The van der Waals surface area contributed by atoms with Gasteiger partial charge in [-0.05, 0) is 68.8 Å². The molecule has 1 atom stereocenters. The van der Waals surface area contributed by atoms with E-state index < -0.39 is 0 Å². The highest BCUT2D eigenvalue weighted by Crippen LogP contribution is 2.37. The van der Waals surface area contributed by atoms with Crippen molar-refractivity contribution in [1.29, 1.82) is 0 Å². The maximum atomic E-state index is 5.31. The van der Waals surface area contributed by atoms with Crippen LogP contribution in [0.15, 0.2) is 170 Å². The number of rotatable bonds is 4. The molecule has 0 aliphatic heterocycles. The highest BCUT2D eigenvalue weighted by Gasteiger charge is 2.20. The lowest BCUT2D eigenvalue weighted by Crippen LogP contribution is -2.06. The quantitative estimate of drug-likeness (QED) is 0.177. The third kappa shape index (κ3) is 5.81. The van der Waals surface area contributed by atoms with Crippen LogP contribution in [0.1, 0.15) is 36.2 Å². The van der Waals surface area contributed by atoms with Crippen molar-refractivity contribution in [3.8, 4) is 33.9 Å². The Balaban J connectivity index is 1.25. The van der Waals surface area contributed by atoms with Crippen LogP contribution in [0.4, 0.5) is 0 Å². The van der Waals surface area contributed by atoms with Crippen molar-refractivity contribution >= 4 is 38.0 Å². The average molecular weight is 655 g/mol. The van der Waals surface area contributed by atoms with Crippen LogP contribution in [0.3, 0.4) is 0 Å². The lowest BCUT2D eigenvalue weighted by Gasteiger charge is -2.18. The van der Waals surface area contributed by atoms with Gasteiger partial charge in [0.05, 0.1) is 5.52 Å². The van der Waals surface area contributed by atoms with Crippen LogP contribution in [0.5, 0.6) is 0 Å². The molecule has 51 heavy (non-hydrogen) atoms. The van der Waals surface area contributed by atoms with Crippen molar-refractivity contribution in [3.63, 3.8) is 0 Å². The Morgan fingerprint density at radius 2 is 1.22 bits per heavy atom. The molecule has 2 heterocycles. The molecule has 0 spiro atoms. The molecule has 1 unspecified atom stereocenters. The SMILES string of the molecule is CC1/C=C\C=C/C/C=C(/c2nc(-c3ccc(-c4cnc5ccccc5c4)cc3)nc(-c3cc4ccccc4c4ccccc34)n2)c2ccccc21. The molecule has 4 heteroatoms. The summed E-state index contributed by atoms with van der Waals surface area (Å²) in [6, 6.07) is 46.8. The van der Waals surface area contributed by atoms with Crippen LogP contribution in [0, 0.1) is 0 Å². The molecule has 0 radical (unpaired) electrons. The Hall–Kier alpha value is -6.52. The number of nitrogens with zero attached hydrogens (tertiary/aromatic N) is 4. The number of hydrogen-bond donors (Lipinski definition) is 0. The van der Waals surface area contributed by atoms with Gasteiger partial charge in [0.15, 0.2) is 17.5 Å². The van der Waals surface area contributed by atoms with Crippen LogP contribution in [-0.4, -0.2) is 19.9 Å². The maximum Gasteiger partial charge on any atom is 0.164 e. The molecule has 242 valence electrons. The van der Waals surface area contributed by atoms with Crippen molar-refractivity contribution in [3.05, 3.63) is 187 Å². The van der Waals surface area contributed by atoms with E-state index in [1.54, 1.807) is 0 Å². The van der Waals surface area contributed by atoms with Crippen molar-refractivity contribution in [2.45, 2.75) is 19.3 Å². The van der Waals surface area contributed by atoms with Gasteiger partial charge in [-0.3, -0.25) is 4.98 Å². The summed E-state index contributed by atoms with van der Waals surface area (Å²) < 4.78 is 0. The Morgan fingerprint density at radius 1 is 0.529 bits per heavy atom. The minimum Gasteiger partial charge on any atom is -0.256 e. The van der Waals surface area contributed by atoms with Gasteiger partial charge in [-0.2, -0.15) is 0 Å². The number of allylic oxidation sites excluding steroid dienone is 5. The van der Waals surface area contributed by atoms with Gasteiger partial charge in [-0.25, -0.2) is 15.0 Å². The van der Waals surface area contributed by atoms with Gasteiger partial charge in [0.1, 0.15) is 0 Å². The Bertz CT molecular complexity index is 2680. The van der Waals surface area contributed by atoms with Crippen LogP contribution in [-0.2, 0) is 0 Å². The molecule has 9 rings (SSSR count). The summed E-state index contributed by atoms with van der Waals surface area (Å²) >= 11 is 0. The van der Waals surface area contributed by atoms with Gasteiger partial charge in [-0.1, -0.05) is 153 Å². The first-order valence-electron chi connectivity index (χ1n) is 17.5. The number of hydrogen-bond acceptors (Lipinski definition) is 4. The van der Waals surface area contributed by atoms with E-state index in [4.69, 9.17) is 19.9 Å². The zero-order valence-corrected chi connectivity index (χ0v) is 28.2. The average Bonchev–Trinajstić information content (AvgIpc) is 3.20. The first-order valence-corrected chi connectivity index (χ1v) is 17.5. The van der Waals surface area contributed by atoms with E-state index >= 15 is 0 Å². The van der Waals surface area contributed by atoms with Crippen molar-refractivity contribution < 1.29 is 0 Å². The molecule has 0 N–H and O–H groups in total. The summed E-state index contributed by atoms with van der Waals surface area (Å²) in [7, 11) is 0. The fourth-order valence-corrected chi connectivity index (χ4v) is 7.16. The number of aromatic nitrogens is 4. The van der Waals surface area contributed by atoms with Crippen molar-refractivity contribution in [2.75, 3.05) is 0 Å². The molecule has 0 bridgehead atoms. The molecular weight excluding hydrogens is 621 g/mol. The largest absolute Gasteiger partial charge is 0.256 e. The smallest absolute Gasteiger partial charge is 0.164 e. The van der Waals surface area contributed by atoms with Crippen molar-refractivity contribution in [2.24, 2.45) is 0 Å². The molecule has 0 saturated carbocycles. The van der Waals surface area contributed by atoms with E-state index in [1.165, 1.54) is 16.3 Å². The molecular formula is C47H34N4. The summed E-state index contributed by atoms with van der Waals surface area (Å²) in [6.45, 7) is 2.24. The van der Waals surface area contributed by atoms with Gasteiger partial charge in [0.2, 0.25) is 0 Å². The molecule has 0 saturated heterocycles. The highest BCUT2D eigenvalue weighted by molar-refractivity contribution is 6.13. The monoisotopic (exact) mass is 654 g/mol. The molecule has 4 nitrogen and oxygen atoms in total. The highest BCUT2D eigenvalue weighted by atomic mass is 15.0. The predicted molar refractivity (Wildman–Crippen MR) is 211 cm³/mol. The summed E-state index contributed by atoms with van der Waals surface area (Å²) in [6.07, 6.45) is 13.6. The van der Waals surface area contributed by atoms with Gasteiger partial charge in [0.25, 0.3) is 0 Å². The van der Waals surface area contributed by atoms with E-state index in [-0.39, 0.29) is 5.92 Å². The fourth-order valence-electron chi connectivity index (χ4n) is 7.16. The van der Waals surface area contributed by atoms with Crippen molar-refractivity contribution in [1.82, 2.24) is 19.9 Å². The first kappa shape index (κ1) is 30.5. The van der Waals surface area contributed by atoms with E-state index in [0.717, 1.165) is 61.5 Å². The van der Waals surface area contributed by atoms with Gasteiger partial charge in [-0.15, -0.1) is 0 Å². The van der Waals surface area contributed by atoms with E-state index in [1.807, 2.05) is 24.4 Å². The third-order valence-corrected chi connectivity index (χ3v) is 9.80. The molecule has 8 aromatic rings. The number of para-hydroxylation sites is 1. The van der Waals surface area contributed by atoms with Gasteiger partial charge < -0.3 is 0 Å². The summed E-state index contributed by atoms with van der Waals surface area (Å²) in [4.78, 5) is 20.5. The second-order valence-electron chi connectivity index (χ2n) is 13.0. The van der Waals surface area contributed by atoms with Crippen LogP contribution < -0.4 is 0 Å².